The third-order valence-corrected chi connectivity index (χ3v) is 3.72. The third-order valence-electron chi connectivity index (χ3n) is 3.72. The molecule has 0 spiro atoms. The van der Waals surface area contributed by atoms with Crippen LogP contribution in [0.2, 0.25) is 0 Å². The molecule has 106 valence electrons. The Morgan fingerprint density at radius 1 is 0.900 bits per heavy atom. The summed E-state index contributed by atoms with van der Waals surface area (Å²) in [7, 11) is 0. The molecule has 20 heavy (non-hydrogen) atoms. The lowest BCUT2D eigenvalue weighted by atomic mass is 9.93. The molecule has 1 unspecified atom stereocenters. The number of hydrogen-bond donors (Lipinski definition) is 2. The van der Waals surface area contributed by atoms with Crippen molar-refractivity contribution >= 4 is 0 Å². The van der Waals surface area contributed by atoms with Crippen LogP contribution in [0.1, 0.15) is 24.5 Å². The van der Waals surface area contributed by atoms with Gasteiger partial charge in [0.15, 0.2) is 0 Å². The Balaban J connectivity index is 1.88. The Bertz CT molecular complexity index is 452. The summed E-state index contributed by atoms with van der Waals surface area (Å²) in [6, 6.07) is 20.7. The van der Waals surface area contributed by atoms with Crippen LogP contribution in [0.25, 0.3) is 0 Å². The van der Waals surface area contributed by atoms with E-state index in [1.165, 1.54) is 11.1 Å². The van der Waals surface area contributed by atoms with E-state index in [1.807, 2.05) is 24.3 Å². The van der Waals surface area contributed by atoms with E-state index in [4.69, 9.17) is 0 Å². The van der Waals surface area contributed by atoms with Crippen LogP contribution in [0.3, 0.4) is 0 Å². The summed E-state index contributed by atoms with van der Waals surface area (Å²) in [6.45, 7) is 3.01. The maximum Gasteiger partial charge on any atom is 0.0610 e. The Morgan fingerprint density at radius 3 is 2.00 bits per heavy atom. The SMILES string of the molecule is CC(CO)(CCc1ccccc1)NCc1ccccc1. The molecule has 0 fully saturated rings. The number of aliphatic hydroxyl groups excluding tert-OH is 1. The largest absolute Gasteiger partial charge is 0.394 e. The van der Waals surface area contributed by atoms with Crippen molar-refractivity contribution in [1.82, 2.24) is 5.32 Å². The minimum atomic E-state index is -0.244. The molecule has 0 bridgehead atoms. The molecular weight excluding hydrogens is 246 g/mol. The minimum Gasteiger partial charge on any atom is -0.394 e. The molecule has 2 aromatic carbocycles. The molecule has 2 rings (SSSR count). The van der Waals surface area contributed by atoms with Crippen LogP contribution in [-0.4, -0.2) is 17.3 Å². The number of hydrogen-bond acceptors (Lipinski definition) is 2. The molecule has 0 aliphatic heterocycles. The Labute approximate surface area is 121 Å². The first-order valence-electron chi connectivity index (χ1n) is 7.16. The van der Waals surface area contributed by atoms with Crippen LogP contribution >= 0.6 is 0 Å². The van der Waals surface area contributed by atoms with Crippen molar-refractivity contribution in [1.29, 1.82) is 0 Å². The van der Waals surface area contributed by atoms with Gasteiger partial charge in [-0.05, 0) is 30.9 Å². The van der Waals surface area contributed by atoms with E-state index >= 15 is 0 Å². The first-order chi connectivity index (χ1) is 9.72. The molecule has 0 aliphatic carbocycles. The lowest BCUT2D eigenvalue weighted by molar-refractivity contribution is 0.164. The molecule has 0 saturated carbocycles. The fraction of sp³-hybridized carbons (Fsp3) is 0.333. The van der Waals surface area contributed by atoms with E-state index in [0.29, 0.717) is 0 Å². The van der Waals surface area contributed by atoms with Crippen molar-refractivity contribution in [3.63, 3.8) is 0 Å². The molecule has 0 radical (unpaired) electrons. The van der Waals surface area contributed by atoms with E-state index in [1.54, 1.807) is 0 Å². The molecule has 0 aliphatic rings. The molecule has 1 atom stereocenters. The zero-order valence-corrected chi connectivity index (χ0v) is 12.0. The van der Waals surface area contributed by atoms with Gasteiger partial charge in [0.05, 0.1) is 6.61 Å². The van der Waals surface area contributed by atoms with E-state index in [2.05, 4.69) is 48.6 Å². The number of rotatable bonds is 7. The predicted molar refractivity (Wildman–Crippen MR) is 83.5 cm³/mol. The fourth-order valence-corrected chi connectivity index (χ4v) is 2.20. The zero-order valence-electron chi connectivity index (χ0n) is 12.0. The highest BCUT2D eigenvalue weighted by Crippen LogP contribution is 2.15. The number of benzene rings is 2. The summed E-state index contributed by atoms with van der Waals surface area (Å²) < 4.78 is 0. The third kappa shape index (κ3) is 4.48. The van der Waals surface area contributed by atoms with Gasteiger partial charge in [-0.3, -0.25) is 0 Å². The van der Waals surface area contributed by atoms with Gasteiger partial charge in [0.2, 0.25) is 0 Å². The van der Waals surface area contributed by atoms with Gasteiger partial charge in [-0.2, -0.15) is 0 Å². The zero-order chi connectivity index (χ0) is 14.3. The Morgan fingerprint density at radius 2 is 1.45 bits per heavy atom. The highest BCUT2D eigenvalue weighted by molar-refractivity contribution is 5.16. The number of aliphatic hydroxyl groups is 1. The molecule has 2 aromatic rings. The second-order valence-electron chi connectivity index (χ2n) is 5.54. The number of aryl methyl sites for hydroxylation is 1. The second-order valence-corrected chi connectivity index (χ2v) is 5.54. The average molecular weight is 269 g/mol. The summed E-state index contributed by atoms with van der Waals surface area (Å²) in [6.07, 6.45) is 1.89. The van der Waals surface area contributed by atoms with Gasteiger partial charge < -0.3 is 10.4 Å². The van der Waals surface area contributed by atoms with Gasteiger partial charge in [-0.15, -0.1) is 0 Å². The van der Waals surface area contributed by atoms with Crippen LogP contribution in [0, 0.1) is 0 Å². The maximum absolute atomic E-state index is 9.68. The van der Waals surface area contributed by atoms with Crippen LogP contribution in [0.15, 0.2) is 60.7 Å². The van der Waals surface area contributed by atoms with Crippen LogP contribution in [-0.2, 0) is 13.0 Å². The normalized spacial score (nSPS) is 13.9. The maximum atomic E-state index is 9.68. The topological polar surface area (TPSA) is 32.3 Å². The Hall–Kier alpha value is -1.64. The van der Waals surface area contributed by atoms with Gasteiger partial charge in [0.25, 0.3) is 0 Å². The van der Waals surface area contributed by atoms with Gasteiger partial charge in [-0.25, -0.2) is 0 Å². The van der Waals surface area contributed by atoms with Gasteiger partial charge in [-0.1, -0.05) is 60.7 Å². The smallest absolute Gasteiger partial charge is 0.0610 e. The lowest BCUT2D eigenvalue weighted by Crippen LogP contribution is -2.45. The summed E-state index contributed by atoms with van der Waals surface area (Å²) >= 11 is 0. The van der Waals surface area contributed by atoms with Gasteiger partial charge >= 0.3 is 0 Å². The molecule has 2 N–H and O–H groups in total. The molecule has 2 heteroatoms. The minimum absolute atomic E-state index is 0.146. The van der Waals surface area contributed by atoms with Crippen molar-refractivity contribution in [2.75, 3.05) is 6.61 Å². The van der Waals surface area contributed by atoms with Crippen LogP contribution in [0.5, 0.6) is 0 Å². The molecule has 2 nitrogen and oxygen atoms in total. The molecular formula is C18H23NO. The first-order valence-corrected chi connectivity index (χ1v) is 7.16. The van der Waals surface area contributed by atoms with E-state index in [9.17, 15) is 5.11 Å². The van der Waals surface area contributed by atoms with Crippen LogP contribution in [0.4, 0.5) is 0 Å². The van der Waals surface area contributed by atoms with E-state index < -0.39 is 0 Å². The fourth-order valence-electron chi connectivity index (χ4n) is 2.20. The molecule has 0 aromatic heterocycles. The summed E-state index contributed by atoms with van der Waals surface area (Å²) in [5.41, 5.74) is 2.31. The van der Waals surface area contributed by atoms with Crippen molar-refractivity contribution in [2.24, 2.45) is 0 Å². The van der Waals surface area contributed by atoms with Crippen molar-refractivity contribution in [3.8, 4) is 0 Å². The lowest BCUT2D eigenvalue weighted by Gasteiger charge is -2.29. The summed E-state index contributed by atoms with van der Waals surface area (Å²) in [4.78, 5) is 0. The second kappa shape index (κ2) is 7.22. The predicted octanol–water partition coefficient (Wildman–Crippen LogP) is 3.16. The molecule has 0 amide bonds. The van der Waals surface area contributed by atoms with Crippen LogP contribution < -0.4 is 5.32 Å². The van der Waals surface area contributed by atoms with E-state index in [-0.39, 0.29) is 12.1 Å². The monoisotopic (exact) mass is 269 g/mol. The summed E-state index contributed by atoms with van der Waals surface area (Å²) in [5, 5.41) is 13.2. The Kier molecular flexibility index (Phi) is 5.33. The average Bonchev–Trinajstić information content (AvgIpc) is 2.53. The summed E-state index contributed by atoms with van der Waals surface area (Å²) in [5.74, 6) is 0. The molecule has 0 saturated heterocycles. The molecule has 0 heterocycles. The highest BCUT2D eigenvalue weighted by Gasteiger charge is 2.22. The van der Waals surface area contributed by atoms with Gasteiger partial charge in [0, 0.05) is 12.1 Å². The number of nitrogens with one attached hydrogen (secondary N) is 1. The standard InChI is InChI=1S/C18H23NO/c1-18(15-20,13-12-16-8-4-2-5-9-16)19-14-17-10-6-3-7-11-17/h2-11,19-20H,12-15H2,1H3. The highest BCUT2D eigenvalue weighted by atomic mass is 16.3. The van der Waals surface area contributed by atoms with Crippen molar-refractivity contribution in [2.45, 2.75) is 31.8 Å². The quantitative estimate of drug-likeness (QED) is 0.809. The van der Waals surface area contributed by atoms with Gasteiger partial charge in [0.1, 0.15) is 0 Å². The first kappa shape index (κ1) is 14.8. The van der Waals surface area contributed by atoms with Crippen molar-refractivity contribution < 1.29 is 5.11 Å². The van der Waals surface area contributed by atoms with E-state index in [0.717, 1.165) is 19.4 Å². The van der Waals surface area contributed by atoms with Crippen molar-refractivity contribution in [3.05, 3.63) is 71.8 Å².